The van der Waals surface area contributed by atoms with E-state index in [0.717, 1.165) is 28.8 Å². The molecule has 9 heteroatoms. The molecule has 2 rings (SSSR count). The third-order valence-corrected chi connectivity index (χ3v) is 7.00. The molecule has 0 heterocycles. The Labute approximate surface area is 145 Å². The fraction of sp³-hybridized carbons (Fsp3) is 0.250. The highest BCUT2D eigenvalue weighted by atomic mass is 32.2. The Morgan fingerprint density at radius 3 is 1.84 bits per heavy atom. The number of nitrogens with zero attached hydrogens (tertiary/aromatic N) is 1. The Balaban J connectivity index is 2.41. The normalized spacial score (nSPS) is 13.8. The summed E-state index contributed by atoms with van der Waals surface area (Å²) < 4.78 is 76.6. The highest BCUT2D eigenvalue weighted by molar-refractivity contribution is 7.90. The Kier molecular flexibility index (Phi) is 5.31. The van der Waals surface area contributed by atoms with Crippen LogP contribution in [0.3, 0.4) is 0 Å². The zero-order valence-corrected chi connectivity index (χ0v) is 15.4. The maximum atomic E-state index is 13.8. The molecule has 0 spiro atoms. The smallest absolute Gasteiger partial charge is 0.224 e. The lowest BCUT2D eigenvalue weighted by molar-refractivity contribution is 0.390. The van der Waals surface area contributed by atoms with Crippen molar-refractivity contribution in [3.05, 3.63) is 59.7 Å². The van der Waals surface area contributed by atoms with Crippen LogP contribution in [0.5, 0.6) is 0 Å². The lowest BCUT2D eigenvalue weighted by Gasteiger charge is -2.25. The average Bonchev–Trinajstić information content (AvgIpc) is 2.52. The minimum Gasteiger partial charge on any atom is -0.224 e. The summed E-state index contributed by atoms with van der Waals surface area (Å²) in [6.45, 7) is 1.53. The van der Waals surface area contributed by atoms with Crippen LogP contribution in [0, 0.1) is 11.6 Å². The van der Waals surface area contributed by atoms with Crippen molar-refractivity contribution in [1.29, 1.82) is 0 Å². The second kappa shape index (κ2) is 6.81. The molecule has 0 saturated heterocycles. The second-order valence-electron chi connectivity index (χ2n) is 5.59. The van der Waals surface area contributed by atoms with E-state index in [1.165, 1.54) is 38.2 Å². The molecule has 0 aliphatic rings. The predicted octanol–water partition coefficient (Wildman–Crippen LogP) is 2.75. The van der Waals surface area contributed by atoms with Crippen LogP contribution < -0.4 is 0 Å². The van der Waals surface area contributed by atoms with E-state index >= 15 is 0 Å². The van der Waals surface area contributed by atoms with Gasteiger partial charge in [-0.3, -0.25) is 0 Å². The molecule has 2 aromatic carbocycles. The number of halogens is 2. The number of sulfonamides is 1. The van der Waals surface area contributed by atoms with Gasteiger partial charge in [0.05, 0.1) is 4.90 Å². The molecular formula is C16H17F2NO4S2. The van der Waals surface area contributed by atoms with Crippen LogP contribution >= 0.6 is 0 Å². The topological polar surface area (TPSA) is 71.5 Å². The molecule has 0 aromatic heterocycles. The number of sulfone groups is 1. The summed E-state index contributed by atoms with van der Waals surface area (Å²) in [6, 6.07) is 7.69. The van der Waals surface area contributed by atoms with Gasteiger partial charge < -0.3 is 0 Å². The number of hydrogen-bond acceptors (Lipinski definition) is 4. The van der Waals surface area contributed by atoms with E-state index in [4.69, 9.17) is 0 Å². The molecule has 5 nitrogen and oxygen atoms in total. The van der Waals surface area contributed by atoms with Crippen LogP contribution in [0.1, 0.15) is 18.5 Å². The van der Waals surface area contributed by atoms with E-state index < -0.39 is 42.4 Å². The number of rotatable bonds is 5. The van der Waals surface area contributed by atoms with Gasteiger partial charge in [-0.2, -0.15) is 4.31 Å². The highest BCUT2D eigenvalue weighted by Gasteiger charge is 2.31. The van der Waals surface area contributed by atoms with Gasteiger partial charge in [0.25, 0.3) is 0 Å². The van der Waals surface area contributed by atoms with Crippen LogP contribution in [0.2, 0.25) is 0 Å². The van der Waals surface area contributed by atoms with Crippen LogP contribution in [-0.2, 0) is 19.9 Å². The molecule has 0 aliphatic carbocycles. The zero-order valence-electron chi connectivity index (χ0n) is 13.8. The lowest BCUT2D eigenvalue weighted by atomic mass is 10.1. The first kappa shape index (κ1) is 19.5. The van der Waals surface area contributed by atoms with E-state index in [1.54, 1.807) is 0 Å². The molecule has 1 atom stereocenters. The molecule has 25 heavy (non-hydrogen) atoms. The molecule has 0 bridgehead atoms. The molecule has 0 aliphatic heterocycles. The number of hydrogen-bond donors (Lipinski definition) is 0. The maximum absolute atomic E-state index is 13.8. The largest absolute Gasteiger partial charge is 0.249 e. The fourth-order valence-electron chi connectivity index (χ4n) is 2.28. The quantitative estimate of drug-likeness (QED) is 0.788. The molecule has 136 valence electrons. The van der Waals surface area contributed by atoms with Gasteiger partial charge in [-0.25, -0.2) is 25.6 Å². The Morgan fingerprint density at radius 1 is 0.920 bits per heavy atom. The van der Waals surface area contributed by atoms with E-state index in [-0.39, 0.29) is 4.90 Å². The first-order chi connectivity index (χ1) is 11.5. The predicted molar refractivity (Wildman–Crippen MR) is 89.3 cm³/mol. The van der Waals surface area contributed by atoms with Crippen molar-refractivity contribution in [2.75, 3.05) is 13.3 Å². The number of benzene rings is 2. The third kappa shape index (κ3) is 3.88. The van der Waals surface area contributed by atoms with Crippen molar-refractivity contribution in [2.45, 2.75) is 22.8 Å². The molecule has 0 amide bonds. The summed E-state index contributed by atoms with van der Waals surface area (Å²) in [5.41, 5.74) is 0.482. The van der Waals surface area contributed by atoms with Crippen molar-refractivity contribution in [2.24, 2.45) is 0 Å². The molecule has 0 radical (unpaired) electrons. The van der Waals surface area contributed by atoms with Crippen LogP contribution in [0.15, 0.2) is 52.3 Å². The molecule has 0 N–H and O–H groups in total. The monoisotopic (exact) mass is 389 g/mol. The summed E-state index contributed by atoms with van der Waals surface area (Å²) in [7, 11) is -6.60. The van der Waals surface area contributed by atoms with E-state index in [9.17, 15) is 25.6 Å². The summed E-state index contributed by atoms with van der Waals surface area (Å²) in [4.78, 5) is -0.925. The van der Waals surface area contributed by atoms with Crippen molar-refractivity contribution in [1.82, 2.24) is 4.31 Å². The van der Waals surface area contributed by atoms with Crippen molar-refractivity contribution < 1.29 is 25.6 Å². The van der Waals surface area contributed by atoms with Crippen LogP contribution in [-0.4, -0.2) is 34.4 Å². The second-order valence-corrected chi connectivity index (χ2v) is 9.54. The molecular weight excluding hydrogens is 372 g/mol. The average molecular weight is 389 g/mol. The van der Waals surface area contributed by atoms with Gasteiger partial charge in [-0.05, 0) is 36.8 Å². The van der Waals surface area contributed by atoms with Gasteiger partial charge in [-0.1, -0.05) is 18.2 Å². The summed E-state index contributed by atoms with van der Waals surface area (Å²) in [5, 5.41) is 0. The minimum atomic E-state index is -4.42. The van der Waals surface area contributed by atoms with Crippen molar-refractivity contribution >= 4 is 19.9 Å². The summed E-state index contributed by atoms with van der Waals surface area (Å²) in [6.07, 6.45) is 1.06. The third-order valence-electron chi connectivity index (χ3n) is 3.89. The summed E-state index contributed by atoms with van der Waals surface area (Å²) >= 11 is 0. The van der Waals surface area contributed by atoms with Crippen molar-refractivity contribution in [3.8, 4) is 0 Å². The van der Waals surface area contributed by atoms with Crippen LogP contribution in [0.4, 0.5) is 8.78 Å². The van der Waals surface area contributed by atoms with Gasteiger partial charge >= 0.3 is 0 Å². The van der Waals surface area contributed by atoms with E-state index in [0.29, 0.717) is 5.56 Å². The fourth-order valence-corrected chi connectivity index (χ4v) is 4.37. The lowest BCUT2D eigenvalue weighted by Crippen LogP contribution is -2.31. The SMILES string of the molecule is C[C@H](c1ccc(S(C)(=O)=O)cc1)N(C)S(=O)(=O)c1c(F)cccc1F. The van der Waals surface area contributed by atoms with E-state index in [1.807, 2.05) is 0 Å². The first-order valence-electron chi connectivity index (χ1n) is 7.18. The Hall–Kier alpha value is -1.84. The van der Waals surface area contributed by atoms with Crippen LogP contribution in [0.25, 0.3) is 0 Å². The van der Waals surface area contributed by atoms with Gasteiger partial charge in [0.1, 0.15) is 11.6 Å². The zero-order chi connectivity index (χ0) is 19.0. The molecule has 0 unspecified atom stereocenters. The summed E-state index contributed by atoms with van der Waals surface area (Å²) in [5.74, 6) is -2.35. The highest BCUT2D eigenvalue weighted by Crippen LogP contribution is 2.29. The van der Waals surface area contributed by atoms with Gasteiger partial charge in [0, 0.05) is 19.3 Å². The van der Waals surface area contributed by atoms with Crippen molar-refractivity contribution in [3.63, 3.8) is 0 Å². The molecule has 2 aromatic rings. The van der Waals surface area contributed by atoms with E-state index in [2.05, 4.69) is 0 Å². The van der Waals surface area contributed by atoms with Gasteiger partial charge in [0.15, 0.2) is 14.7 Å². The standard InChI is InChI=1S/C16H17F2NO4S2/c1-11(12-7-9-13(10-8-12)24(3,20)21)19(2)25(22,23)16-14(17)5-4-6-15(16)18/h4-11H,1-3H3/t11-/m1/s1. The Bertz CT molecular complexity index is 967. The molecule has 0 saturated carbocycles. The van der Waals surface area contributed by atoms with Gasteiger partial charge in [0.2, 0.25) is 10.0 Å². The first-order valence-corrected chi connectivity index (χ1v) is 10.5. The maximum Gasteiger partial charge on any atom is 0.249 e. The Morgan fingerprint density at radius 2 is 1.40 bits per heavy atom. The molecule has 0 fully saturated rings. The minimum absolute atomic E-state index is 0.0918. The van der Waals surface area contributed by atoms with Gasteiger partial charge in [-0.15, -0.1) is 0 Å².